The first-order valence-corrected chi connectivity index (χ1v) is 6.55. The molecule has 0 spiro atoms. The first-order chi connectivity index (χ1) is 7.67. The smallest absolute Gasteiger partial charge is 0.410 e. The Morgan fingerprint density at radius 2 is 2.38 bits per heavy atom. The highest BCUT2D eigenvalue weighted by Crippen LogP contribution is 2.23. The Morgan fingerprint density at radius 3 is 2.88 bits per heavy atom. The van der Waals surface area contributed by atoms with Crippen LogP contribution in [0.25, 0.3) is 0 Å². The van der Waals surface area contributed by atoms with Gasteiger partial charge in [0.2, 0.25) is 0 Å². The van der Waals surface area contributed by atoms with Gasteiger partial charge in [0.05, 0.1) is 16.9 Å². The Morgan fingerprint density at radius 1 is 1.62 bits per heavy atom. The van der Waals surface area contributed by atoms with Gasteiger partial charge in [0.15, 0.2) is 0 Å². The lowest BCUT2D eigenvalue weighted by molar-refractivity contribution is 0.0839. The quantitative estimate of drug-likeness (QED) is 0.909. The van der Waals surface area contributed by atoms with Gasteiger partial charge in [0.25, 0.3) is 0 Å². The Bertz CT molecular complexity index is 343. The molecular weight excluding hydrogens is 294 g/mol. The van der Waals surface area contributed by atoms with Crippen molar-refractivity contribution in [3.63, 3.8) is 0 Å². The highest BCUT2D eigenvalue weighted by Gasteiger charge is 2.13. The summed E-state index contributed by atoms with van der Waals surface area (Å²) in [6, 6.07) is 3.92. The van der Waals surface area contributed by atoms with Crippen LogP contribution in [0.4, 0.5) is 4.79 Å². The maximum Gasteiger partial charge on any atom is 0.410 e. The van der Waals surface area contributed by atoms with Crippen LogP contribution in [0.3, 0.4) is 0 Å². The summed E-state index contributed by atoms with van der Waals surface area (Å²) in [6.07, 6.45) is -0.388. The van der Waals surface area contributed by atoms with Crippen molar-refractivity contribution in [3.05, 3.63) is 20.8 Å². The Balaban J connectivity index is 2.51. The van der Waals surface area contributed by atoms with Crippen molar-refractivity contribution in [1.82, 2.24) is 4.90 Å². The standard InChI is InChI=1S/C10H14BrNO3S/c1-2-12(10(14)15-6-5-13)7-8-3-4-9(11)16-8/h3-4,13H,2,5-7H2,1H3. The zero-order valence-corrected chi connectivity index (χ0v) is 11.4. The van der Waals surface area contributed by atoms with Crippen LogP contribution in [0.5, 0.6) is 0 Å². The third kappa shape index (κ3) is 4.11. The zero-order chi connectivity index (χ0) is 12.0. The molecule has 0 aliphatic rings. The fourth-order valence-electron chi connectivity index (χ4n) is 1.15. The first-order valence-electron chi connectivity index (χ1n) is 4.94. The highest BCUT2D eigenvalue weighted by molar-refractivity contribution is 9.11. The van der Waals surface area contributed by atoms with Gasteiger partial charge in [0.1, 0.15) is 6.61 Å². The molecule has 1 rings (SSSR count). The highest BCUT2D eigenvalue weighted by atomic mass is 79.9. The number of carbonyl (C=O) groups excluding carboxylic acids is 1. The van der Waals surface area contributed by atoms with E-state index in [2.05, 4.69) is 15.9 Å². The monoisotopic (exact) mass is 307 g/mol. The molecule has 0 aliphatic heterocycles. The Hall–Kier alpha value is -0.590. The van der Waals surface area contributed by atoms with E-state index in [-0.39, 0.29) is 19.3 Å². The van der Waals surface area contributed by atoms with Crippen molar-refractivity contribution < 1.29 is 14.6 Å². The molecule has 1 amide bonds. The van der Waals surface area contributed by atoms with Gasteiger partial charge in [-0.3, -0.25) is 0 Å². The third-order valence-corrected chi connectivity index (χ3v) is 3.54. The van der Waals surface area contributed by atoms with E-state index < -0.39 is 0 Å². The number of halogens is 1. The van der Waals surface area contributed by atoms with Gasteiger partial charge in [-0.2, -0.15) is 0 Å². The predicted octanol–water partition coefficient (Wildman–Crippen LogP) is 2.46. The lowest BCUT2D eigenvalue weighted by Crippen LogP contribution is -2.31. The van der Waals surface area contributed by atoms with Crippen LogP contribution in [0, 0.1) is 0 Å². The number of aliphatic hydroxyl groups is 1. The molecule has 1 aromatic rings. The summed E-state index contributed by atoms with van der Waals surface area (Å²) in [7, 11) is 0. The second kappa shape index (κ2) is 6.88. The van der Waals surface area contributed by atoms with Gasteiger partial charge in [0, 0.05) is 11.4 Å². The number of rotatable bonds is 5. The summed E-state index contributed by atoms with van der Waals surface area (Å²) < 4.78 is 5.90. The zero-order valence-electron chi connectivity index (χ0n) is 8.98. The van der Waals surface area contributed by atoms with Crippen LogP contribution in [-0.2, 0) is 11.3 Å². The maximum atomic E-state index is 11.5. The van der Waals surface area contributed by atoms with Crippen molar-refractivity contribution in [2.45, 2.75) is 13.5 Å². The molecule has 6 heteroatoms. The van der Waals surface area contributed by atoms with Gasteiger partial charge in [-0.1, -0.05) is 0 Å². The molecule has 16 heavy (non-hydrogen) atoms. The van der Waals surface area contributed by atoms with Crippen molar-refractivity contribution in [3.8, 4) is 0 Å². The minimum atomic E-state index is -0.388. The van der Waals surface area contributed by atoms with E-state index in [9.17, 15) is 4.79 Å². The molecule has 0 aliphatic carbocycles. The second-order valence-electron chi connectivity index (χ2n) is 3.06. The number of thiophene rings is 1. The van der Waals surface area contributed by atoms with E-state index in [1.807, 2.05) is 19.1 Å². The average Bonchev–Trinajstić information content (AvgIpc) is 2.68. The van der Waals surface area contributed by atoms with Gasteiger partial charge < -0.3 is 14.7 Å². The van der Waals surface area contributed by atoms with Crippen molar-refractivity contribution >= 4 is 33.4 Å². The minimum Gasteiger partial charge on any atom is -0.447 e. The molecule has 0 aromatic carbocycles. The number of hydrogen-bond acceptors (Lipinski definition) is 4. The molecule has 1 heterocycles. The number of carbonyl (C=O) groups is 1. The molecule has 1 aromatic heterocycles. The fourth-order valence-corrected chi connectivity index (χ4v) is 2.65. The van der Waals surface area contributed by atoms with Crippen LogP contribution >= 0.6 is 27.3 Å². The molecule has 0 atom stereocenters. The molecule has 0 radical (unpaired) electrons. The molecule has 0 fully saturated rings. The van der Waals surface area contributed by atoms with E-state index >= 15 is 0 Å². The second-order valence-corrected chi connectivity index (χ2v) is 5.61. The SMILES string of the molecule is CCN(Cc1ccc(Br)s1)C(=O)OCCO. The topological polar surface area (TPSA) is 49.8 Å². The Labute approximate surface area is 107 Å². The van der Waals surface area contributed by atoms with Crippen molar-refractivity contribution in [2.24, 2.45) is 0 Å². The lowest BCUT2D eigenvalue weighted by Gasteiger charge is -2.19. The molecule has 0 saturated carbocycles. The third-order valence-electron chi connectivity index (χ3n) is 1.93. The van der Waals surface area contributed by atoms with E-state index in [1.165, 1.54) is 0 Å². The summed E-state index contributed by atoms with van der Waals surface area (Å²) in [5.41, 5.74) is 0. The minimum absolute atomic E-state index is 0.0451. The van der Waals surface area contributed by atoms with Gasteiger partial charge in [-0.05, 0) is 35.0 Å². The molecule has 90 valence electrons. The van der Waals surface area contributed by atoms with Gasteiger partial charge in [-0.25, -0.2) is 4.79 Å². The fraction of sp³-hybridized carbons (Fsp3) is 0.500. The van der Waals surface area contributed by atoms with E-state index in [0.29, 0.717) is 13.1 Å². The summed E-state index contributed by atoms with van der Waals surface area (Å²) in [5.74, 6) is 0. The first kappa shape index (κ1) is 13.5. The van der Waals surface area contributed by atoms with Crippen LogP contribution in [0.1, 0.15) is 11.8 Å². The van der Waals surface area contributed by atoms with Gasteiger partial charge >= 0.3 is 6.09 Å². The number of aliphatic hydroxyl groups excluding tert-OH is 1. The number of ether oxygens (including phenoxy) is 1. The molecule has 0 unspecified atom stereocenters. The van der Waals surface area contributed by atoms with Crippen molar-refractivity contribution in [2.75, 3.05) is 19.8 Å². The summed E-state index contributed by atoms with van der Waals surface area (Å²) in [5, 5.41) is 8.56. The maximum absolute atomic E-state index is 11.5. The Kier molecular flexibility index (Phi) is 5.79. The van der Waals surface area contributed by atoms with Crippen LogP contribution in [0.15, 0.2) is 15.9 Å². The largest absolute Gasteiger partial charge is 0.447 e. The molecule has 4 nitrogen and oxygen atoms in total. The summed E-state index contributed by atoms with van der Waals surface area (Å²) in [4.78, 5) is 14.2. The normalized spacial score (nSPS) is 10.2. The van der Waals surface area contributed by atoms with Crippen LogP contribution in [-0.4, -0.2) is 35.9 Å². The average molecular weight is 308 g/mol. The molecule has 0 saturated heterocycles. The lowest BCUT2D eigenvalue weighted by atomic mass is 10.4. The number of amides is 1. The van der Waals surface area contributed by atoms with Crippen LogP contribution in [0.2, 0.25) is 0 Å². The van der Waals surface area contributed by atoms with Gasteiger partial charge in [-0.15, -0.1) is 11.3 Å². The van der Waals surface area contributed by atoms with E-state index in [4.69, 9.17) is 9.84 Å². The summed E-state index contributed by atoms with van der Waals surface area (Å²) >= 11 is 4.96. The predicted molar refractivity (Wildman–Crippen MR) is 66.5 cm³/mol. The van der Waals surface area contributed by atoms with Crippen LogP contribution < -0.4 is 0 Å². The van der Waals surface area contributed by atoms with E-state index in [0.717, 1.165) is 8.66 Å². The number of nitrogens with zero attached hydrogens (tertiary/aromatic N) is 1. The molecule has 0 bridgehead atoms. The molecule has 1 N–H and O–H groups in total. The number of hydrogen-bond donors (Lipinski definition) is 1. The molecular formula is C10H14BrNO3S. The van der Waals surface area contributed by atoms with E-state index in [1.54, 1.807) is 16.2 Å². The van der Waals surface area contributed by atoms with Crippen molar-refractivity contribution in [1.29, 1.82) is 0 Å². The summed E-state index contributed by atoms with van der Waals surface area (Å²) in [6.45, 7) is 2.91.